The first-order valence-corrected chi connectivity index (χ1v) is 9.32. The molecule has 2 unspecified atom stereocenters. The predicted octanol–water partition coefficient (Wildman–Crippen LogP) is 2.60. The van der Waals surface area contributed by atoms with Crippen molar-refractivity contribution in [3.8, 4) is 0 Å². The number of carboxylic acids is 1. The Morgan fingerprint density at radius 1 is 1.43 bits per heavy atom. The SMILES string of the molecule is Cc1c(N2CC(C)C(C)(N)C2)c(F)cc2c(=O)c(C(=O)O)cn([C@@H]3C[C@@H]3F)c12. The van der Waals surface area contributed by atoms with Crippen molar-refractivity contribution in [2.45, 2.75) is 44.9 Å². The van der Waals surface area contributed by atoms with Crippen LogP contribution in [-0.4, -0.2) is 40.4 Å². The van der Waals surface area contributed by atoms with Crippen molar-refractivity contribution in [3.05, 3.63) is 39.4 Å². The van der Waals surface area contributed by atoms with Gasteiger partial charge in [-0.25, -0.2) is 13.6 Å². The molecule has 4 atom stereocenters. The monoisotopic (exact) mass is 391 g/mol. The summed E-state index contributed by atoms with van der Waals surface area (Å²) in [5.41, 5.74) is 5.79. The topological polar surface area (TPSA) is 88.6 Å². The number of nitrogens with zero attached hydrogens (tertiary/aromatic N) is 2. The maximum absolute atomic E-state index is 15.1. The maximum Gasteiger partial charge on any atom is 0.341 e. The molecule has 8 heteroatoms. The van der Waals surface area contributed by atoms with Gasteiger partial charge in [-0.3, -0.25) is 4.79 Å². The van der Waals surface area contributed by atoms with Crippen LogP contribution in [-0.2, 0) is 0 Å². The van der Waals surface area contributed by atoms with Crippen LogP contribution in [0, 0.1) is 18.7 Å². The second kappa shape index (κ2) is 6.01. The highest BCUT2D eigenvalue weighted by Gasteiger charge is 2.42. The Morgan fingerprint density at radius 3 is 2.57 bits per heavy atom. The quantitative estimate of drug-likeness (QED) is 0.840. The lowest BCUT2D eigenvalue weighted by molar-refractivity contribution is 0.0694. The van der Waals surface area contributed by atoms with Crippen molar-refractivity contribution in [1.82, 2.24) is 4.57 Å². The number of aryl methyl sites for hydroxylation is 1. The molecule has 1 aliphatic heterocycles. The van der Waals surface area contributed by atoms with E-state index in [1.807, 2.05) is 18.7 Å². The summed E-state index contributed by atoms with van der Waals surface area (Å²) in [6, 6.07) is 0.533. The second-order valence-corrected chi connectivity index (χ2v) is 8.42. The number of benzene rings is 1. The van der Waals surface area contributed by atoms with E-state index in [4.69, 9.17) is 5.73 Å². The Morgan fingerprint density at radius 2 is 2.07 bits per heavy atom. The minimum Gasteiger partial charge on any atom is -0.477 e. The van der Waals surface area contributed by atoms with Gasteiger partial charge in [0.1, 0.15) is 17.6 Å². The molecule has 0 radical (unpaired) electrons. The molecule has 150 valence electrons. The summed E-state index contributed by atoms with van der Waals surface area (Å²) in [4.78, 5) is 26.0. The molecule has 2 aromatic rings. The van der Waals surface area contributed by atoms with Crippen LogP contribution < -0.4 is 16.1 Å². The molecule has 1 aromatic carbocycles. The number of fused-ring (bicyclic) bond motifs is 1. The largest absolute Gasteiger partial charge is 0.477 e. The highest BCUT2D eigenvalue weighted by atomic mass is 19.1. The Labute approximate surface area is 160 Å². The molecule has 0 bridgehead atoms. The molecule has 28 heavy (non-hydrogen) atoms. The van der Waals surface area contributed by atoms with E-state index < -0.39 is 40.5 Å². The van der Waals surface area contributed by atoms with E-state index >= 15 is 4.39 Å². The number of halogens is 2. The summed E-state index contributed by atoms with van der Waals surface area (Å²) >= 11 is 0. The molecule has 4 rings (SSSR count). The summed E-state index contributed by atoms with van der Waals surface area (Å²) in [6.45, 7) is 6.61. The zero-order valence-electron chi connectivity index (χ0n) is 16.0. The number of aromatic carboxylic acids is 1. The van der Waals surface area contributed by atoms with Crippen LogP contribution in [0.25, 0.3) is 10.9 Å². The normalized spacial score (nSPS) is 29.5. The lowest BCUT2D eigenvalue weighted by Crippen LogP contribution is -2.43. The zero-order valence-corrected chi connectivity index (χ0v) is 16.0. The molecule has 1 aliphatic carbocycles. The van der Waals surface area contributed by atoms with E-state index in [0.29, 0.717) is 29.9 Å². The summed E-state index contributed by atoms with van der Waals surface area (Å²) in [5.74, 6) is -1.88. The molecule has 2 heterocycles. The molecule has 6 nitrogen and oxygen atoms in total. The van der Waals surface area contributed by atoms with Crippen molar-refractivity contribution in [2.24, 2.45) is 11.7 Å². The van der Waals surface area contributed by atoms with Crippen molar-refractivity contribution >= 4 is 22.6 Å². The molecule has 1 aromatic heterocycles. The van der Waals surface area contributed by atoms with E-state index in [1.165, 1.54) is 10.8 Å². The molecule has 0 amide bonds. The van der Waals surface area contributed by atoms with Crippen molar-refractivity contribution in [3.63, 3.8) is 0 Å². The number of carboxylic acid groups (broad SMARTS) is 1. The van der Waals surface area contributed by atoms with E-state index in [9.17, 15) is 19.1 Å². The summed E-state index contributed by atoms with van der Waals surface area (Å²) in [5, 5.41) is 9.31. The van der Waals surface area contributed by atoms with Crippen LogP contribution in [0.4, 0.5) is 14.5 Å². The smallest absolute Gasteiger partial charge is 0.341 e. The van der Waals surface area contributed by atoms with Gasteiger partial charge in [0.25, 0.3) is 0 Å². The summed E-state index contributed by atoms with van der Waals surface area (Å²) < 4.78 is 30.4. The van der Waals surface area contributed by atoms with Gasteiger partial charge in [-0.2, -0.15) is 0 Å². The Bertz CT molecular complexity index is 1060. The second-order valence-electron chi connectivity index (χ2n) is 8.42. The number of pyridine rings is 1. The van der Waals surface area contributed by atoms with E-state index in [-0.39, 0.29) is 17.7 Å². The van der Waals surface area contributed by atoms with Crippen LogP contribution in [0.3, 0.4) is 0 Å². The molecule has 3 N–H and O–H groups in total. The van der Waals surface area contributed by atoms with Crippen LogP contribution in [0.2, 0.25) is 0 Å². The number of alkyl halides is 1. The lowest BCUT2D eigenvalue weighted by Gasteiger charge is -2.26. The molecular formula is C20H23F2N3O3. The van der Waals surface area contributed by atoms with Crippen LogP contribution in [0.1, 0.15) is 42.2 Å². The Balaban J connectivity index is 1.99. The Hall–Kier alpha value is -2.48. The fourth-order valence-corrected chi connectivity index (χ4v) is 4.25. The first kappa shape index (κ1) is 18.9. The number of carbonyl (C=O) groups is 1. The third-order valence-corrected chi connectivity index (χ3v) is 6.21. The van der Waals surface area contributed by atoms with Crippen LogP contribution >= 0.6 is 0 Å². The molecule has 1 saturated heterocycles. The van der Waals surface area contributed by atoms with Crippen LogP contribution in [0.15, 0.2) is 17.1 Å². The zero-order chi connectivity index (χ0) is 20.5. The van der Waals surface area contributed by atoms with Gasteiger partial charge in [-0.15, -0.1) is 0 Å². The fraction of sp³-hybridized carbons (Fsp3) is 0.500. The van der Waals surface area contributed by atoms with Gasteiger partial charge in [-0.1, -0.05) is 6.92 Å². The summed E-state index contributed by atoms with van der Waals surface area (Å²) in [6.07, 6.45) is 0.315. The van der Waals surface area contributed by atoms with Gasteiger partial charge in [0, 0.05) is 36.6 Å². The van der Waals surface area contributed by atoms with E-state index in [1.54, 1.807) is 6.92 Å². The molecule has 1 saturated carbocycles. The van der Waals surface area contributed by atoms with Gasteiger partial charge in [0.15, 0.2) is 0 Å². The van der Waals surface area contributed by atoms with Gasteiger partial charge < -0.3 is 20.3 Å². The molecular weight excluding hydrogens is 368 g/mol. The van der Waals surface area contributed by atoms with Gasteiger partial charge in [-0.05, 0) is 31.4 Å². The molecule has 2 aliphatic rings. The third-order valence-electron chi connectivity index (χ3n) is 6.21. The van der Waals surface area contributed by atoms with Gasteiger partial charge in [0.05, 0.1) is 17.2 Å². The number of hydrogen-bond acceptors (Lipinski definition) is 4. The average Bonchev–Trinajstić information content (AvgIpc) is 3.24. The van der Waals surface area contributed by atoms with Crippen molar-refractivity contribution in [2.75, 3.05) is 18.0 Å². The molecule has 2 fully saturated rings. The number of hydrogen-bond donors (Lipinski definition) is 2. The highest BCUT2D eigenvalue weighted by Crippen LogP contribution is 2.43. The lowest BCUT2D eigenvalue weighted by atomic mass is 9.92. The first-order chi connectivity index (χ1) is 13.0. The first-order valence-electron chi connectivity index (χ1n) is 9.32. The van der Waals surface area contributed by atoms with Crippen molar-refractivity contribution < 1.29 is 18.7 Å². The van der Waals surface area contributed by atoms with Gasteiger partial charge in [0.2, 0.25) is 5.43 Å². The number of nitrogens with two attached hydrogens (primary N) is 1. The fourth-order valence-electron chi connectivity index (χ4n) is 4.25. The predicted molar refractivity (Wildman–Crippen MR) is 102 cm³/mol. The van der Waals surface area contributed by atoms with Gasteiger partial charge >= 0.3 is 5.97 Å². The maximum atomic E-state index is 15.1. The highest BCUT2D eigenvalue weighted by molar-refractivity contribution is 5.95. The number of rotatable bonds is 3. The summed E-state index contributed by atoms with van der Waals surface area (Å²) in [7, 11) is 0. The van der Waals surface area contributed by atoms with Crippen LogP contribution in [0.5, 0.6) is 0 Å². The average molecular weight is 391 g/mol. The minimum absolute atomic E-state index is 0.0412. The molecule has 0 spiro atoms. The number of aromatic nitrogens is 1. The van der Waals surface area contributed by atoms with Crippen molar-refractivity contribution in [1.29, 1.82) is 0 Å². The third kappa shape index (κ3) is 2.70. The minimum atomic E-state index is -1.41. The van der Waals surface area contributed by atoms with E-state index in [2.05, 4.69) is 0 Å². The standard InChI is InChI=1S/C20H23F2N3O3/c1-9-6-24(8-20(9,3)23)17-10(2)16-11(4-14(17)22)18(26)12(19(27)28)7-25(16)15-5-13(15)21/h4,7,9,13,15H,5-6,8,23H2,1-3H3,(H,27,28)/t9?,13-,15+,20?/m0/s1. The number of anilines is 1. The van der Waals surface area contributed by atoms with E-state index in [0.717, 1.165) is 6.07 Å². The Kier molecular flexibility index (Phi) is 4.05.